The molecule has 3 aliphatic carbocycles. The Morgan fingerprint density at radius 3 is 2.61 bits per heavy atom. The van der Waals surface area contributed by atoms with Crippen LogP contribution in [0.25, 0.3) is 0 Å². The van der Waals surface area contributed by atoms with Gasteiger partial charge in [0, 0.05) is 12.1 Å². The lowest BCUT2D eigenvalue weighted by molar-refractivity contribution is 0.107. The molecule has 0 aromatic heterocycles. The predicted molar refractivity (Wildman–Crippen MR) is 77.4 cm³/mol. The zero-order valence-corrected chi connectivity index (χ0v) is 11.5. The maximum Gasteiger partial charge on any atom is 0.0198 e. The van der Waals surface area contributed by atoms with Gasteiger partial charge in [0.15, 0.2) is 0 Å². The first kappa shape index (κ1) is 12.2. The topological polar surface area (TPSA) is 3.24 Å². The number of rotatable bonds is 2. The quantitative estimate of drug-likeness (QED) is 0.664. The van der Waals surface area contributed by atoms with Gasteiger partial charge in [0.25, 0.3) is 0 Å². The largest absolute Gasteiger partial charge is 0.299 e. The van der Waals surface area contributed by atoms with Gasteiger partial charge in [0.05, 0.1) is 0 Å². The van der Waals surface area contributed by atoms with E-state index in [1.165, 1.54) is 38.5 Å². The Morgan fingerprint density at radius 1 is 0.889 bits per heavy atom. The molecule has 3 unspecified atom stereocenters. The number of fused-ring (bicyclic) bond motifs is 1. The van der Waals surface area contributed by atoms with Crippen molar-refractivity contribution < 1.29 is 0 Å². The van der Waals surface area contributed by atoms with Gasteiger partial charge in [-0.2, -0.15) is 0 Å². The number of allylic oxidation sites excluding steroid dienone is 3. The van der Waals surface area contributed by atoms with Crippen molar-refractivity contribution in [3.05, 3.63) is 36.5 Å². The predicted octanol–water partition coefficient (Wildman–Crippen LogP) is 3.94. The summed E-state index contributed by atoms with van der Waals surface area (Å²) in [6, 6.07) is 1.50. The molecular weight excluding hydrogens is 218 g/mol. The minimum atomic E-state index is 0.730. The third-order valence-electron chi connectivity index (χ3n) is 5.06. The van der Waals surface area contributed by atoms with Gasteiger partial charge >= 0.3 is 0 Å². The van der Waals surface area contributed by atoms with Crippen molar-refractivity contribution in [2.75, 3.05) is 7.05 Å². The SMILES string of the molecule is CN(C1CC=CCC1)C1CC=CC2CCC=C[C@@H]21. The van der Waals surface area contributed by atoms with Crippen molar-refractivity contribution in [2.24, 2.45) is 11.8 Å². The maximum atomic E-state index is 2.68. The summed E-state index contributed by atoms with van der Waals surface area (Å²) >= 11 is 0. The molecule has 1 nitrogen and oxygen atoms in total. The molecule has 0 saturated heterocycles. The third-order valence-corrected chi connectivity index (χ3v) is 5.06. The van der Waals surface area contributed by atoms with Crippen molar-refractivity contribution in [3.63, 3.8) is 0 Å². The molecule has 0 radical (unpaired) electrons. The van der Waals surface area contributed by atoms with E-state index in [1.807, 2.05) is 0 Å². The number of hydrogen-bond donors (Lipinski definition) is 0. The second-order valence-electron chi connectivity index (χ2n) is 6.08. The van der Waals surface area contributed by atoms with E-state index in [-0.39, 0.29) is 0 Å². The van der Waals surface area contributed by atoms with E-state index in [0.717, 1.165) is 23.9 Å². The van der Waals surface area contributed by atoms with Crippen molar-refractivity contribution in [1.29, 1.82) is 0 Å². The molecular formula is C17H25N. The minimum Gasteiger partial charge on any atom is -0.299 e. The summed E-state index contributed by atoms with van der Waals surface area (Å²) in [7, 11) is 2.35. The number of nitrogens with zero attached hydrogens (tertiary/aromatic N) is 1. The number of hydrogen-bond acceptors (Lipinski definition) is 1. The van der Waals surface area contributed by atoms with Crippen molar-refractivity contribution in [1.82, 2.24) is 4.90 Å². The highest BCUT2D eigenvalue weighted by molar-refractivity contribution is 5.13. The summed E-state index contributed by atoms with van der Waals surface area (Å²) in [6.07, 6.45) is 22.2. The highest BCUT2D eigenvalue weighted by Gasteiger charge is 2.34. The fraction of sp³-hybridized carbons (Fsp3) is 0.647. The van der Waals surface area contributed by atoms with E-state index in [4.69, 9.17) is 0 Å². The second kappa shape index (κ2) is 5.44. The Labute approximate surface area is 111 Å². The normalized spacial score (nSPS) is 39.0. The van der Waals surface area contributed by atoms with Crippen LogP contribution in [0.1, 0.15) is 38.5 Å². The van der Waals surface area contributed by atoms with Crippen LogP contribution in [0.5, 0.6) is 0 Å². The van der Waals surface area contributed by atoms with Crippen molar-refractivity contribution in [3.8, 4) is 0 Å². The molecule has 0 fully saturated rings. The smallest absolute Gasteiger partial charge is 0.0198 e. The molecule has 3 rings (SSSR count). The third kappa shape index (κ3) is 2.33. The first-order valence-electron chi connectivity index (χ1n) is 7.56. The van der Waals surface area contributed by atoms with Crippen LogP contribution < -0.4 is 0 Å². The van der Waals surface area contributed by atoms with Crippen LogP contribution in [0, 0.1) is 11.8 Å². The Bertz CT molecular complexity index is 366. The van der Waals surface area contributed by atoms with Gasteiger partial charge < -0.3 is 0 Å². The van der Waals surface area contributed by atoms with Gasteiger partial charge in [-0.25, -0.2) is 0 Å². The molecule has 98 valence electrons. The summed E-state index contributed by atoms with van der Waals surface area (Å²) in [5.74, 6) is 1.56. The van der Waals surface area contributed by atoms with Crippen LogP contribution in [0.2, 0.25) is 0 Å². The van der Waals surface area contributed by atoms with Crippen molar-refractivity contribution in [2.45, 2.75) is 50.6 Å². The van der Waals surface area contributed by atoms with Crippen LogP contribution >= 0.6 is 0 Å². The van der Waals surface area contributed by atoms with Gasteiger partial charge in [0.2, 0.25) is 0 Å². The van der Waals surface area contributed by atoms with E-state index < -0.39 is 0 Å². The summed E-state index contributed by atoms with van der Waals surface area (Å²) in [5, 5.41) is 0. The van der Waals surface area contributed by atoms with E-state index in [9.17, 15) is 0 Å². The van der Waals surface area contributed by atoms with E-state index in [1.54, 1.807) is 0 Å². The zero-order chi connectivity index (χ0) is 12.4. The molecule has 0 heterocycles. The van der Waals surface area contributed by atoms with Gasteiger partial charge in [0.1, 0.15) is 0 Å². The highest BCUT2D eigenvalue weighted by Crippen LogP contribution is 2.37. The molecule has 0 aromatic rings. The van der Waals surface area contributed by atoms with Crippen molar-refractivity contribution >= 4 is 0 Å². The summed E-state index contributed by atoms with van der Waals surface area (Å²) in [5.41, 5.74) is 0. The van der Waals surface area contributed by atoms with Crippen LogP contribution in [0.4, 0.5) is 0 Å². The molecule has 4 atom stereocenters. The van der Waals surface area contributed by atoms with Crippen LogP contribution in [0.15, 0.2) is 36.5 Å². The van der Waals surface area contributed by atoms with Gasteiger partial charge in [-0.05, 0) is 57.4 Å². The minimum absolute atomic E-state index is 0.730. The molecule has 0 aromatic carbocycles. The molecule has 0 amide bonds. The lowest BCUT2D eigenvalue weighted by Crippen LogP contribution is -2.47. The Balaban J connectivity index is 1.74. The molecule has 3 aliphatic rings. The zero-order valence-electron chi connectivity index (χ0n) is 11.5. The fourth-order valence-corrected chi connectivity index (χ4v) is 3.92. The molecule has 0 N–H and O–H groups in total. The molecule has 0 spiro atoms. The molecule has 18 heavy (non-hydrogen) atoms. The van der Waals surface area contributed by atoms with Crippen LogP contribution in [0.3, 0.4) is 0 Å². The summed E-state index contributed by atoms with van der Waals surface area (Å²) in [4.78, 5) is 2.68. The lowest BCUT2D eigenvalue weighted by atomic mass is 9.74. The van der Waals surface area contributed by atoms with E-state index in [2.05, 4.69) is 48.4 Å². The molecule has 1 heteroatoms. The monoisotopic (exact) mass is 243 g/mol. The van der Waals surface area contributed by atoms with Gasteiger partial charge in [-0.15, -0.1) is 0 Å². The Kier molecular flexibility index (Phi) is 3.69. The van der Waals surface area contributed by atoms with Crippen LogP contribution in [-0.4, -0.2) is 24.0 Å². The van der Waals surface area contributed by atoms with E-state index in [0.29, 0.717) is 0 Å². The first-order chi connectivity index (χ1) is 8.86. The molecule has 0 saturated carbocycles. The molecule has 0 aliphatic heterocycles. The fourth-order valence-electron chi connectivity index (χ4n) is 3.92. The average Bonchev–Trinajstić information content (AvgIpc) is 2.47. The van der Waals surface area contributed by atoms with Gasteiger partial charge in [-0.1, -0.05) is 36.5 Å². The second-order valence-corrected chi connectivity index (χ2v) is 6.08. The summed E-state index contributed by atoms with van der Waals surface area (Å²) < 4.78 is 0. The average molecular weight is 243 g/mol. The Hall–Kier alpha value is -0.820. The van der Waals surface area contributed by atoms with E-state index >= 15 is 0 Å². The van der Waals surface area contributed by atoms with Crippen LogP contribution in [-0.2, 0) is 0 Å². The lowest BCUT2D eigenvalue weighted by Gasteiger charge is -2.44. The highest BCUT2D eigenvalue weighted by atomic mass is 15.2. The maximum absolute atomic E-state index is 2.68. The first-order valence-corrected chi connectivity index (χ1v) is 7.56. The Morgan fingerprint density at radius 2 is 1.78 bits per heavy atom. The standard InChI is InChI=1S/C17H25N/c1-18(15-10-3-2-4-11-15)17-13-7-9-14-8-5-6-12-16(14)17/h2-3,6-7,9,12,14-17H,4-5,8,10-11,13H2,1H3/t14?,15?,16-,17?/m0/s1. The van der Waals surface area contributed by atoms with Gasteiger partial charge in [-0.3, -0.25) is 4.90 Å². The molecule has 0 bridgehead atoms. The summed E-state index contributed by atoms with van der Waals surface area (Å²) in [6.45, 7) is 0.